The van der Waals surface area contributed by atoms with Crippen LogP contribution in [0.15, 0.2) is 42.5 Å². The molecule has 0 aliphatic carbocycles. The van der Waals surface area contributed by atoms with Gasteiger partial charge in [-0.15, -0.1) is 0 Å². The van der Waals surface area contributed by atoms with Gasteiger partial charge < -0.3 is 15.2 Å². The van der Waals surface area contributed by atoms with E-state index >= 15 is 0 Å². The van der Waals surface area contributed by atoms with Crippen LogP contribution in [-0.4, -0.2) is 18.1 Å². The molecule has 0 amide bonds. The van der Waals surface area contributed by atoms with Crippen molar-refractivity contribution in [3.8, 4) is 11.5 Å². The average Bonchev–Trinajstić information content (AvgIpc) is 2.53. The number of methoxy groups -OCH3 is 1. The Bertz CT molecular complexity index is 669. The predicted octanol–water partition coefficient (Wildman–Crippen LogP) is 3.07. The molecule has 2 aromatic rings. The van der Waals surface area contributed by atoms with E-state index in [2.05, 4.69) is 0 Å². The monoisotopic (exact) mass is 316 g/mol. The van der Waals surface area contributed by atoms with Crippen LogP contribution < -0.4 is 15.2 Å². The van der Waals surface area contributed by atoms with E-state index in [1.54, 1.807) is 19.2 Å². The van der Waals surface area contributed by atoms with Gasteiger partial charge in [0.15, 0.2) is 11.5 Å². The second-order valence-corrected chi connectivity index (χ2v) is 5.38. The summed E-state index contributed by atoms with van der Waals surface area (Å²) in [5.41, 5.74) is 7.79. The van der Waals surface area contributed by atoms with Gasteiger partial charge in [-0.05, 0) is 48.7 Å². The molecular weight excluding hydrogens is 296 g/mol. The summed E-state index contributed by atoms with van der Waals surface area (Å²) in [6, 6.07) is 12.1. The van der Waals surface area contributed by atoms with E-state index in [1.807, 2.05) is 25.1 Å². The van der Waals surface area contributed by atoms with Crippen LogP contribution in [0, 0.1) is 10.1 Å². The van der Waals surface area contributed by atoms with Crippen LogP contribution in [0.2, 0.25) is 0 Å². The molecule has 2 rings (SSSR count). The summed E-state index contributed by atoms with van der Waals surface area (Å²) in [6.07, 6.45) is 0.763. The minimum absolute atomic E-state index is 0.0617. The third kappa shape index (κ3) is 4.69. The summed E-state index contributed by atoms with van der Waals surface area (Å²) in [6.45, 7) is 2.26. The first-order valence-electron chi connectivity index (χ1n) is 7.28. The van der Waals surface area contributed by atoms with E-state index in [0.717, 1.165) is 17.5 Å². The van der Waals surface area contributed by atoms with Crippen molar-refractivity contribution < 1.29 is 14.4 Å². The van der Waals surface area contributed by atoms with Gasteiger partial charge in [0.2, 0.25) is 0 Å². The third-order valence-electron chi connectivity index (χ3n) is 3.33. The molecule has 2 aromatic carbocycles. The molecule has 0 aliphatic rings. The first-order chi connectivity index (χ1) is 11.0. The van der Waals surface area contributed by atoms with Crippen LogP contribution in [0.1, 0.15) is 18.1 Å². The highest BCUT2D eigenvalue weighted by Crippen LogP contribution is 2.29. The lowest BCUT2D eigenvalue weighted by atomic mass is 10.1. The second-order valence-electron chi connectivity index (χ2n) is 5.38. The van der Waals surface area contributed by atoms with Crippen LogP contribution in [0.5, 0.6) is 11.5 Å². The van der Waals surface area contributed by atoms with Crippen LogP contribution in [0.4, 0.5) is 5.69 Å². The highest BCUT2D eigenvalue weighted by atomic mass is 16.6. The lowest BCUT2D eigenvalue weighted by Crippen LogP contribution is -2.17. The number of benzene rings is 2. The highest BCUT2D eigenvalue weighted by Gasteiger charge is 2.09. The number of nitrogens with two attached hydrogens (primary N) is 1. The Kier molecular flexibility index (Phi) is 5.54. The Morgan fingerprint density at radius 1 is 1.13 bits per heavy atom. The van der Waals surface area contributed by atoms with Crippen molar-refractivity contribution >= 4 is 5.69 Å². The molecule has 6 heteroatoms. The Morgan fingerprint density at radius 3 is 2.35 bits per heavy atom. The third-order valence-corrected chi connectivity index (χ3v) is 3.33. The fourth-order valence-corrected chi connectivity index (χ4v) is 2.20. The summed E-state index contributed by atoms with van der Waals surface area (Å²) in [5, 5.41) is 10.6. The van der Waals surface area contributed by atoms with E-state index in [9.17, 15) is 10.1 Å². The minimum atomic E-state index is -0.426. The van der Waals surface area contributed by atoms with E-state index in [4.69, 9.17) is 15.2 Å². The molecule has 0 bridgehead atoms. The lowest BCUT2D eigenvalue weighted by Gasteiger charge is -2.13. The number of hydrogen-bond donors (Lipinski definition) is 1. The molecule has 0 heterocycles. The SMILES string of the molecule is COc1cc(CC(C)N)ccc1OCc1ccc([N+](=O)[O-])cc1. The Labute approximate surface area is 135 Å². The quantitative estimate of drug-likeness (QED) is 0.626. The molecule has 0 radical (unpaired) electrons. The molecule has 2 N–H and O–H groups in total. The van der Waals surface area contributed by atoms with Gasteiger partial charge >= 0.3 is 0 Å². The molecule has 23 heavy (non-hydrogen) atoms. The molecule has 6 nitrogen and oxygen atoms in total. The van der Waals surface area contributed by atoms with Crippen molar-refractivity contribution in [1.82, 2.24) is 0 Å². The smallest absolute Gasteiger partial charge is 0.269 e. The number of nitrogens with zero attached hydrogens (tertiary/aromatic N) is 1. The van der Waals surface area contributed by atoms with Crippen molar-refractivity contribution in [3.63, 3.8) is 0 Å². The van der Waals surface area contributed by atoms with Gasteiger partial charge in [-0.2, -0.15) is 0 Å². The Morgan fingerprint density at radius 2 is 1.78 bits per heavy atom. The maximum absolute atomic E-state index is 10.6. The second kappa shape index (κ2) is 7.60. The van der Waals surface area contributed by atoms with Crippen LogP contribution >= 0.6 is 0 Å². The molecule has 0 saturated heterocycles. The maximum Gasteiger partial charge on any atom is 0.269 e. The standard InChI is InChI=1S/C17H20N2O4/c1-12(18)9-14-5-8-16(17(10-14)22-2)23-11-13-3-6-15(7-4-13)19(20)21/h3-8,10,12H,9,11,18H2,1-2H3. The Balaban J connectivity index is 2.06. The van der Waals surface area contributed by atoms with Crippen LogP contribution in [-0.2, 0) is 13.0 Å². The fourth-order valence-electron chi connectivity index (χ4n) is 2.20. The largest absolute Gasteiger partial charge is 0.493 e. The minimum Gasteiger partial charge on any atom is -0.493 e. The van der Waals surface area contributed by atoms with Gasteiger partial charge in [0.05, 0.1) is 12.0 Å². The van der Waals surface area contributed by atoms with Gasteiger partial charge in [-0.25, -0.2) is 0 Å². The molecule has 1 atom stereocenters. The van der Waals surface area contributed by atoms with E-state index < -0.39 is 4.92 Å². The zero-order valence-corrected chi connectivity index (χ0v) is 13.2. The lowest BCUT2D eigenvalue weighted by molar-refractivity contribution is -0.384. The zero-order valence-electron chi connectivity index (χ0n) is 13.2. The number of ether oxygens (including phenoxy) is 2. The van der Waals surface area contributed by atoms with E-state index in [-0.39, 0.29) is 11.7 Å². The van der Waals surface area contributed by atoms with Gasteiger partial charge in [0.1, 0.15) is 6.61 Å². The van der Waals surface area contributed by atoms with Crippen molar-refractivity contribution in [2.24, 2.45) is 5.73 Å². The maximum atomic E-state index is 10.6. The van der Waals surface area contributed by atoms with Crippen molar-refractivity contribution in [3.05, 3.63) is 63.7 Å². The van der Waals surface area contributed by atoms with Crippen molar-refractivity contribution in [1.29, 1.82) is 0 Å². The number of non-ortho nitro benzene ring substituents is 1. The molecule has 0 saturated carbocycles. The molecule has 1 unspecified atom stereocenters. The number of hydrogen-bond acceptors (Lipinski definition) is 5. The predicted molar refractivity (Wildman–Crippen MR) is 87.8 cm³/mol. The van der Waals surface area contributed by atoms with Gasteiger partial charge in [0.25, 0.3) is 5.69 Å². The summed E-state index contributed by atoms with van der Waals surface area (Å²) in [7, 11) is 1.59. The summed E-state index contributed by atoms with van der Waals surface area (Å²) in [5.74, 6) is 1.27. The summed E-state index contributed by atoms with van der Waals surface area (Å²) < 4.78 is 11.1. The zero-order chi connectivity index (χ0) is 16.8. The van der Waals surface area contributed by atoms with Gasteiger partial charge in [-0.3, -0.25) is 10.1 Å². The molecule has 0 aromatic heterocycles. The van der Waals surface area contributed by atoms with E-state index in [1.165, 1.54) is 12.1 Å². The molecular formula is C17H20N2O4. The molecule has 0 spiro atoms. The Hall–Kier alpha value is -2.60. The van der Waals surface area contributed by atoms with Crippen molar-refractivity contribution in [2.45, 2.75) is 26.0 Å². The van der Waals surface area contributed by atoms with Crippen molar-refractivity contribution in [2.75, 3.05) is 7.11 Å². The average molecular weight is 316 g/mol. The van der Waals surface area contributed by atoms with Gasteiger partial charge in [0, 0.05) is 18.2 Å². The topological polar surface area (TPSA) is 87.6 Å². The number of nitro groups is 1. The van der Waals surface area contributed by atoms with Gasteiger partial charge in [-0.1, -0.05) is 6.07 Å². The molecule has 122 valence electrons. The molecule has 0 fully saturated rings. The first-order valence-corrected chi connectivity index (χ1v) is 7.28. The first kappa shape index (κ1) is 16.8. The summed E-state index contributed by atoms with van der Waals surface area (Å²) in [4.78, 5) is 10.2. The normalized spacial score (nSPS) is 11.8. The molecule has 0 aliphatic heterocycles. The van der Waals surface area contributed by atoms with Crippen LogP contribution in [0.25, 0.3) is 0 Å². The van der Waals surface area contributed by atoms with E-state index in [0.29, 0.717) is 18.1 Å². The van der Waals surface area contributed by atoms with Crippen LogP contribution in [0.3, 0.4) is 0 Å². The fraction of sp³-hybridized carbons (Fsp3) is 0.294. The number of rotatable bonds is 7. The number of nitro benzene ring substituents is 1. The summed E-state index contributed by atoms with van der Waals surface area (Å²) >= 11 is 0. The highest BCUT2D eigenvalue weighted by molar-refractivity contribution is 5.43.